The fourth-order valence-corrected chi connectivity index (χ4v) is 2.13. The van der Waals surface area contributed by atoms with Crippen molar-refractivity contribution in [1.82, 2.24) is 20.3 Å². The van der Waals surface area contributed by atoms with Gasteiger partial charge in [-0.15, -0.1) is 5.10 Å². The Morgan fingerprint density at radius 1 is 1.35 bits per heavy atom. The highest BCUT2D eigenvalue weighted by Crippen LogP contribution is 2.23. The van der Waals surface area contributed by atoms with Crippen molar-refractivity contribution in [2.45, 2.75) is 39.8 Å². The molecule has 108 valence electrons. The number of halogens is 2. The molecule has 1 aromatic carbocycles. The van der Waals surface area contributed by atoms with E-state index >= 15 is 0 Å². The van der Waals surface area contributed by atoms with Gasteiger partial charge in [0, 0.05) is 12.1 Å². The summed E-state index contributed by atoms with van der Waals surface area (Å²) < 4.78 is 15.7. The number of aromatic nitrogens is 3. The topological polar surface area (TPSA) is 42.7 Å². The van der Waals surface area contributed by atoms with Crippen LogP contribution in [-0.2, 0) is 6.54 Å². The molecule has 2 rings (SSSR count). The molecule has 20 heavy (non-hydrogen) atoms. The smallest absolute Gasteiger partial charge is 0.137 e. The second-order valence-electron chi connectivity index (χ2n) is 5.79. The van der Waals surface area contributed by atoms with Crippen LogP contribution in [0.25, 0.3) is 5.69 Å². The molecular weight excluding hydrogens is 323 g/mol. The van der Waals surface area contributed by atoms with Gasteiger partial charge in [0.2, 0.25) is 0 Å². The van der Waals surface area contributed by atoms with E-state index in [1.165, 1.54) is 6.07 Å². The van der Waals surface area contributed by atoms with Crippen LogP contribution in [0, 0.1) is 12.7 Å². The summed E-state index contributed by atoms with van der Waals surface area (Å²) in [6.07, 6.45) is 1.72. The van der Waals surface area contributed by atoms with Gasteiger partial charge in [0.05, 0.1) is 22.1 Å². The first-order valence-electron chi connectivity index (χ1n) is 6.38. The minimum atomic E-state index is -0.277. The molecule has 0 spiro atoms. The largest absolute Gasteiger partial charge is 0.306 e. The summed E-state index contributed by atoms with van der Waals surface area (Å²) in [5, 5.41) is 11.5. The zero-order valence-electron chi connectivity index (χ0n) is 12.0. The highest BCUT2D eigenvalue weighted by molar-refractivity contribution is 9.10. The van der Waals surface area contributed by atoms with E-state index in [0.29, 0.717) is 11.0 Å². The molecule has 0 radical (unpaired) electrons. The SMILES string of the molecule is Cc1cc(F)c(Br)cc1-n1nncc1CNC(C)(C)C. The maximum atomic E-state index is 13.5. The van der Waals surface area contributed by atoms with E-state index in [1.807, 2.05) is 6.92 Å². The Bertz CT molecular complexity index is 616. The van der Waals surface area contributed by atoms with Gasteiger partial charge in [-0.1, -0.05) is 5.21 Å². The second-order valence-corrected chi connectivity index (χ2v) is 6.65. The van der Waals surface area contributed by atoms with Crippen LogP contribution in [0.15, 0.2) is 22.8 Å². The van der Waals surface area contributed by atoms with Crippen LogP contribution in [0.3, 0.4) is 0 Å². The number of hydrogen-bond acceptors (Lipinski definition) is 3. The summed E-state index contributed by atoms with van der Waals surface area (Å²) in [6.45, 7) is 8.79. The zero-order chi connectivity index (χ0) is 14.9. The quantitative estimate of drug-likeness (QED) is 0.931. The molecule has 6 heteroatoms. The van der Waals surface area contributed by atoms with E-state index in [9.17, 15) is 4.39 Å². The van der Waals surface area contributed by atoms with E-state index < -0.39 is 0 Å². The minimum absolute atomic E-state index is 0.00746. The molecule has 4 nitrogen and oxygen atoms in total. The van der Waals surface area contributed by atoms with Gasteiger partial charge in [0.25, 0.3) is 0 Å². The third-order valence-corrected chi connectivity index (χ3v) is 3.49. The predicted octanol–water partition coefficient (Wildman–Crippen LogP) is 3.37. The highest BCUT2D eigenvalue weighted by atomic mass is 79.9. The van der Waals surface area contributed by atoms with Crippen molar-refractivity contribution < 1.29 is 4.39 Å². The summed E-state index contributed by atoms with van der Waals surface area (Å²) in [6, 6.07) is 3.21. The summed E-state index contributed by atoms with van der Waals surface area (Å²) >= 11 is 3.21. The van der Waals surface area contributed by atoms with E-state index in [1.54, 1.807) is 16.9 Å². The van der Waals surface area contributed by atoms with Crippen molar-refractivity contribution in [1.29, 1.82) is 0 Å². The molecule has 0 fully saturated rings. The third kappa shape index (κ3) is 3.43. The van der Waals surface area contributed by atoms with Gasteiger partial charge in [0.1, 0.15) is 5.82 Å². The molecule has 1 heterocycles. The van der Waals surface area contributed by atoms with Crippen LogP contribution >= 0.6 is 15.9 Å². The summed E-state index contributed by atoms with van der Waals surface area (Å²) in [5.74, 6) is -0.277. The van der Waals surface area contributed by atoms with Crippen molar-refractivity contribution in [2.75, 3.05) is 0 Å². The molecule has 0 aliphatic rings. The Balaban J connectivity index is 2.35. The Labute approximate surface area is 126 Å². The maximum absolute atomic E-state index is 13.5. The van der Waals surface area contributed by atoms with Crippen molar-refractivity contribution in [3.63, 3.8) is 0 Å². The number of hydrogen-bond donors (Lipinski definition) is 1. The van der Waals surface area contributed by atoms with Crippen molar-refractivity contribution in [2.24, 2.45) is 0 Å². The van der Waals surface area contributed by atoms with Crippen LogP contribution in [0.2, 0.25) is 0 Å². The van der Waals surface area contributed by atoms with E-state index in [0.717, 1.165) is 16.9 Å². The monoisotopic (exact) mass is 340 g/mol. The average Bonchev–Trinajstić information content (AvgIpc) is 2.78. The maximum Gasteiger partial charge on any atom is 0.137 e. The fourth-order valence-electron chi connectivity index (χ4n) is 1.80. The number of nitrogens with zero attached hydrogens (tertiary/aromatic N) is 3. The molecule has 0 saturated heterocycles. The molecule has 0 aliphatic heterocycles. The lowest BCUT2D eigenvalue weighted by Crippen LogP contribution is -2.35. The van der Waals surface area contributed by atoms with Crippen LogP contribution in [0.1, 0.15) is 32.0 Å². The predicted molar refractivity (Wildman–Crippen MR) is 80.3 cm³/mol. The van der Waals surface area contributed by atoms with Crippen LogP contribution < -0.4 is 5.32 Å². The molecule has 1 aromatic heterocycles. The first-order chi connectivity index (χ1) is 9.28. The van der Waals surface area contributed by atoms with Gasteiger partial charge in [-0.3, -0.25) is 0 Å². The molecule has 0 aliphatic carbocycles. The fraction of sp³-hybridized carbons (Fsp3) is 0.429. The van der Waals surface area contributed by atoms with Crippen LogP contribution in [0.5, 0.6) is 0 Å². The van der Waals surface area contributed by atoms with Gasteiger partial charge < -0.3 is 5.32 Å². The Kier molecular flexibility index (Phi) is 4.25. The molecular formula is C14H18BrFN4. The summed E-state index contributed by atoms with van der Waals surface area (Å²) in [7, 11) is 0. The van der Waals surface area contributed by atoms with Crippen LogP contribution in [0.4, 0.5) is 4.39 Å². The lowest BCUT2D eigenvalue weighted by molar-refractivity contribution is 0.418. The zero-order valence-corrected chi connectivity index (χ0v) is 13.6. The molecule has 0 bridgehead atoms. The Hall–Kier alpha value is -1.27. The lowest BCUT2D eigenvalue weighted by atomic mass is 10.1. The number of benzene rings is 1. The van der Waals surface area contributed by atoms with Gasteiger partial charge in [-0.05, 0) is 61.3 Å². The molecule has 0 amide bonds. The van der Waals surface area contributed by atoms with Gasteiger partial charge in [-0.2, -0.15) is 0 Å². The first kappa shape index (κ1) is 15.1. The van der Waals surface area contributed by atoms with Crippen LogP contribution in [-0.4, -0.2) is 20.5 Å². The Morgan fingerprint density at radius 2 is 2.05 bits per heavy atom. The number of rotatable bonds is 3. The number of aryl methyl sites for hydroxylation is 1. The Morgan fingerprint density at radius 3 is 2.70 bits per heavy atom. The van der Waals surface area contributed by atoms with E-state index in [4.69, 9.17) is 0 Å². The molecule has 1 N–H and O–H groups in total. The molecule has 0 atom stereocenters. The van der Waals surface area contributed by atoms with Crippen molar-refractivity contribution in [3.8, 4) is 5.69 Å². The molecule has 2 aromatic rings. The third-order valence-electron chi connectivity index (χ3n) is 2.89. The van der Waals surface area contributed by atoms with Crippen molar-refractivity contribution >= 4 is 15.9 Å². The molecule has 0 unspecified atom stereocenters. The summed E-state index contributed by atoms with van der Waals surface area (Å²) in [4.78, 5) is 0. The standard InChI is InChI=1S/C14H18BrFN4/c1-9-5-12(16)11(15)6-13(9)20-10(8-18-19-20)7-17-14(2,3)4/h5-6,8,17H,7H2,1-4H3. The van der Waals surface area contributed by atoms with Gasteiger partial charge in [-0.25, -0.2) is 9.07 Å². The van der Waals surface area contributed by atoms with E-state index in [2.05, 4.69) is 52.3 Å². The van der Waals surface area contributed by atoms with Crippen molar-refractivity contribution in [3.05, 3.63) is 39.9 Å². The van der Waals surface area contributed by atoms with Gasteiger partial charge in [0.15, 0.2) is 0 Å². The minimum Gasteiger partial charge on any atom is -0.306 e. The first-order valence-corrected chi connectivity index (χ1v) is 7.18. The normalized spacial score (nSPS) is 11.9. The lowest BCUT2D eigenvalue weighted by Gasteiger charge is -2.20. The van der Waals surface area contributed by atoms with Gasteiger partial charge >= 0.3 is 0 Å². The second kappa shape index (κ2) is 5.61. The highest BCUT2D eigenvalue weighted by Gasteiger charge is 2.14. The summed E-state index contributed by atoms with van der Waals surface area (Å²) in [5.41, 5.74) is 2.57. The molecule has 0 saturated carbocycles. The van der Waals surface area contributed by atoms with E-state index in [-0.39, 0.29) is 11.4 Å². The number of nitrogens with one attached hydrogen (secondary N) is 1. The average molecular weight is 341 g/mol.